The molecule has 120 valence electrons. The van der Waals surface area contributed by atoms with Crippen molar-refractivity contribution in [3.63, 3.8) is 0 Å². The van der Waals surface area contributed by atoms with Gasteiger partial charge in [0.15, 0.2) is 0 Å². The van der Waals surface area contributed by atoms with Crippen molar-refractivity contribution in [2.24, 2.45) is 0 Å². The van der Waals surface area contributed by atoms with Gasteiger partial charge in [-0.1, -0.05) is 17.2 Å². The van der Waals surface area contributed by atoms with Crippen molar-refractivity contribution in [2.45, 2.75) is 20.0 Å². The summed E-state index contributed by atoms with van der Waals surface area (Å²) in [5.74, 6) is 0.574. The van der Waals surface area contributed by atoms with Crippen molar-refractivity contribution in [3.8, 4) is 5.69 Å². The molecule has 7 heteroatoms. The van der Waals surface area contributed by atoms with E-state index in [2.05, 4.69) is 39.7 Å². The van der Waals surface area contributed by atoms with Gasteiger partial charge in [-0.25, -0.2) is 4.68 Å². The summed E-state index contributed by atoms with van der Waals surface area (Å²) in [5, 5.41) is 15.4. The Hall–Kier alpha value is -2.67. The Kier molecular flexibility index (Phi) is 4.38. The molecule has 0 aliphatic heterocycles. The Bertz CT molecular complexity index is 778. The van der Waals surface area contributed by atoms with Gasteiger partial charge in [0, 0.05) is 18.8 Å². The smallest absolute Gasteiger partial charge is 0.318 e. The molecule has 2 heterocycles. The third-order valence-electron chi connectivity index (χ3n) is 3.43. The van der Waals surface area contributed by atoms with Gasteiger partial charge in [-0.3, -0.25) is 0 Å². The van der Waals surface area contributed by atoms with Crippen LogP contribution in [0.1, 0.15) is 17.0 Å². The minimum atomic E-state index is 0.499. The SMILES string of the molecule is CNCc1nnc(N(C)Cc2cnn(-c3cccc(C)c3)c2)o1. The number of aromatic nitrogens is 4. The minimum Gasteiger partial charge on any atom is -0.407 e. The van der Waals surface area contributed by atoms with Gasteiger partial charge in [-0.05, 0) is 31.7 Å². The van der Waals surface area contributed by atoms with Gasteiger partial charge < -0.3 is 14.6 Å². The summed E-state index contributed by atoms with van der Waals surface area (Å²) in [6.45, 7) is 3.28. The molecule has 0 atom stereocenters. The zero-order chi connectivity index (χ0) is 16.2. The second-order valence-electron chi connectivity index (χ2n) is 5.50. The number of anilines is 1. The van der Waals surface area contributed by atoms with E-state index in [-0.39, 0.29) is 0 Å². The molecule has 0 radical (unpaired) electrons. The van der Waals surface area contributed by atoms with E-state index in [0.717, 1.165) is 11.3 Å². The lowest BCUT2D eigenvalue weighted by molar-refractivity contribution is 0.475. The maximum absolute atomic E-state index is 5.58. The molecule has 1 aromatic carbocycles. The van der Waals surface area contributed by atoms with Crippen LogP contribution in [0.4, 0.5) is 6.01 Å². The molecule has 0 fully saturated rings. The monoisotopic (exact) mass is 312 g/mol. The number of hydrogen-bond donors (Lipinski definition) is 1. The summed E-state index contributed by atoms with van der Waals surface area (Å²) in [5.41, 5.74) is 3.33. The van der Waals surface area contributed by atoms with Crippen LogP contribution in [0, 0.1) is 6.92 Å². The predicted octanol–water partition coefficient (Wildman–Crippen LogP) is 1.92. The lowest BCUT2D eigenvalue weighted by Gasteiger charge is -2.11. The number of hydrogen-bond acceptors (Lipinski definition) is 6. The Morgan fingerprint density at radius 3 is 2.96 bits per heavy atom. The first-order chi connectivity index (χ1) is 11.2. The van der Waals surface area contributed by atoms with Crippen LogP contribution < -0.4 is 10.2 Å². The van der Waals surface area contributed by atoms with Crippen LogP contribution >= 0.6 is 0 Å². The van der Waals surface area contributed by atoms with Crippen LogP contribution in [0.25, 0.3) is 5.69 Å². The number of nitrogens with one attached hydrogen (secondary N) is 1. The van der Waals surface area contributed by atoms with Gasteiger partial charge in [-0.2, -0.15) is 5.10 Å². The molecule has 0 bridgehead atoms. The maximum Gasteiger partial charge on any atom is 0.318 e. The Morgan fingerprint density at radius 1 is 1.30 bits per heavy atom. The van der Waals surface area contributed by atoms with Gasteiger partial charge in [-0.15, -0.1) is 5.10 Å². The Morgan fingerprint density at radius 2 is 2.17 bits per heavy atom. The third kappa shape index (κ3) is 3.57. The van der Waals surface area contributed by atoms with E-state index in [4.69, 9.17) is 4.42 Å². The summed E-state index contributed by atoms with van der Waals surface area (Å²) >= 11 is 0. The van der Waals surface area contributed by atoms with Crippen LogP contribution in [-0.2, 0) is 13.1 Å². The first kappa shape index (κ1) is 15.2. The molecule has 0 saturated heterocycles. The molecule has 7 nitrogen and oxygen atoms in total. The normalized spacial score (nSPS) is 10.9. The first-order valence-corrected chi connectivity index (χ1v) is 7.44. The molecule has 3 aromatic rings. The molecule has 0 amide bonds. The van der Waals surface area contributed by atoms with E-state index in [0.29, 0.717) is 25.0 Å². The van der Waals surface area contributed by atoms with Gasteiger partial charge >= 0.3 is 6.01 Å². The number of aryl methyl sites for hydroxylation is 1. The Balaban J connectivity index is 1.70. The fourth-order valence-corrected chi connectivity index (χ4v) is 2.32. The van der Waals surface area contributed by atoms with Crippen LogP contribution in [0.5, 0.6) is 0 Å². The van der Waals surface area contributed by atoms with Gasteiger partial charge in [0.05, 0.1) is 25.0 Å². The number of benzene rings is 1. The van der Waals surface area contributed by atoms with Crippen molar-refractivity contribution < 1.29 is 4.42 Å². The molecule has 0 spiro atoms. The van der Waals surface area contributed by atoms with Crippen LogP contribution in [0.15, 0.2) is 41.1 Å². The van der Waals surface area contributed by atoms with Gasteiger partial charge in [0.1, 0.15) is 0 Å². The molecular weight excluding hydrogens is 292 g/mol. The van der Waals surface area contributed by atoms with E-state index in [1.54, 1.807) is 0 Å². The second kappa shape index (κ2) is 6.62. The van der Waals surface area contributed by atoms with E-state index >= 15 is 0 Å². The Labute approximate surface area is 134 Å². The summed E-state index contributed by atoms with van der Waals surface area (Å²) in [6.07, 6.45) is 3.86. The molecule has 0 aliphatic carbocycles. The highest BCUT2D eigenvalue weighted by Crippen LogP contribution is 2.15. The predicted molar refractivity (Wildman–Crippen MR) is 87.5 cm³/mol. The quantitative estimate of drug-likeness (QED) is 0.750. The van der Waals surface area contributed by atoms with Crippen molar-refractivity contribution in [3.05, 3.63) is 53.7 Å². The first-order valence-electron chi connectivity index (χ1n) is 7.44. The fraction of sp³-hybridized carbons (Fsp3) is 0.312. The molecule has 2 aromatic heterocycles. The fourth-order valence-electron chi connectivity index (χ4n) is 2.32. The average molecular weight is 312 g/mol. The van der Waals surface area contributed by atoms with Gasteiger partial charge in [0.2, 0.25) is 5.89 Å². The molecule has 0 unspecified atom stereocenters. The van der Waals surface area contributed by atoms with Crippen molar-refractivity contribution >= 4 is 6.01 Å². The van der Waals surface area contributed by atoms with Crippen molar-refractivity contribution in [2.75, 3.05) is 19.0 Å². The minimum absolute atomic E-state index is 0.499. The zero-order valence-corrected chi connectivity index (χ0v) is 13.5. The molecule has 0 saturated carbocycles. The number of nitrogens with zero attached hydrogens (tertiary/aromatic N) is 5. The average Bonchev–Trinajstić information content (AvgIpc) is 3.17. The van der Waals surface area contributed by atoms with Crippen molar-refractivity contribution in [1.82, 2.24) is 25.3 Å². The molecule has 1 N–H and O–H groups in total. The van der Waals surface area contributed by atoms with Crippen LogP contribution in [0.3, 0.4) is 0 Å². The zero-order valence-electron chi connectivity index (χ0n) is 13.5. The topological polar surface area (TPSA) is 72.0 Å². The molecule has 23 heavy (non-hydrogen) atoms. The van der Waals surface area contributed by atoms with E-state index in [1.807, 2.05) is 48.2 Å². The summed E-state index contributed by atoms with van der Waals surface area (Å²) < 4.78 is 7.45. The highest BCUT2D eigenvalue weighted by molar-refractivity contribution is 5.35. The van der Waals surface area contributed by atoms with Crippen molar-refractivity contribution in [1.29, 1.82) is 0 Å². The molecular formula is C16H20N6O. The lowest BCUT2D eigenvalue weighted by Crippen LogP contribution is -2.16. The van der Waals surface area contributed by atoms with E-state index < -0.39 is 0 Å². The highest BCUT2D eigenvalue weighted by Gasteiger charge is 2.12. The summed E-state index contributed by atoms with van der Waals surface area (Å²) in [7, 11) is 3.76. The van der Waals surface area contributed by atoms with Crippen LogP contribution in [0.2, 0.25) is 0 Å². The summed E-state index contributed by atoms with van der Waals surface area (Å²) in [4.78, 5) is 1.91. The largest absolute Gasteiger partial charge is 0.407 e. The van der Waals surface area contributed by atoms with E-state index in [9.17, 15) is 0 Å². The number of rotatable bonds is 6. The highest BCUT2D eigenvalue weighted by atomic mass is 16.4. The van der Waals surface area contributed by atoms with E-state index in [1.165, 1.54) is 5.56 Å². The standard InChI is InChI=1S/C16H20N6O/c1-12-5-4-6-14(7-12)22-11-13(8-18-22)10-21(3)16-20-19-15(23-16)9-17-2/h4-8,11,17H,9-10H2,1-3H3. The van der Waals surface area contributed by atoms with Crippen LogP contribution in [-0.4, -0.2) is 34.1 Å². The molecule has 0 aliphatic rings. The lowest BCUT2D eigenvalue weighted by atomic mass is 10.2. The third-order valence-corrected chi connectivity index (χ3v) is 3.43. The van der Waals surface area contributed by atoms with Gasteiger partial charge in [0.25, 0.3) is 0 Å². The molecule has 3 rings (SSSR count). The summed E-state index contributed by atoms with van der Waals surface area (Å²) in [6, 6.07) is 8.73. The maximum atomic E-state index is 5.58. The second-order valence-corrected chi connectivity index (χ2v) is 5.50.